The van der Waals surface area contributed by atoms with Crippen molar-refractivity contribution in [3.63, 3.8) is 0 Å². The van der Waals surface area contributed by atoms with Crippen molar-refractivity contribution >= 4 is 5.91 Å². The van der Waals surface area contributed by atoms with Gasteiger partial charge < -0.3 is 10.6 Å². The summed E-state index contributed by atoms with van der Waals surface area (Å²) in [6, 6.07) is 5.90. The summed E-state index contributed by atoms with van der Waals surface area (Å²) in [5.74, 6) is -0.0937. The molecular weight excluding hydrogens is 219 g/mol. The van der Waals surface area contributed by atoms with Crippen molar-refractivity contribution in [1.29, 1.82) is 0 Å². The lowest BCUT2D eigenvalue weighted by Gasteiger charge is -2.29. The number of carbonyl (C=O) groups is 1. The van der Waals surface area contributed by atoms with Gasteiger partial charge in [-0.25, -0.2) is 4.39 Å². The molecule has 0 radical (unpaired) electrons. The van der Waals surface area contributed by atoms with E-state index in [9.17, 15) is 9.18 Å². The van der Waals surface area contributed by atoms with Gasteiger partial charge >= 0.3 is 0 Å². The van der Waals surface area contributed by atoms with Crippen LogP contribution < -0.4 is 5.73 Å². The smallest absolute Gasteiger partial charge is 0.222 e. The summed E-state index contributed by atoms with van der Waals surface area (Å²) in [7, 11) is 0. The van der Waals surface area contributed by atoms with Gasteiger partial charge in [-0.2, -0.15) is 0 Å². The van der Waals surface area contributed by atoms with E-state index in [1.165, 1.54) is 12.1 Å². The van der Waals surface area contributed by atoms with Crippen LogP contribution in [0.5, 0.6) is 0 Å². The molecule has 0 saturated carbocycles. The van der Waals surface area contributed by atoms with Gasteiger partial charge in [0.25, 0.3) is 0 Å². The molecule has 0 aromatic heterocycles. The van der Waals surface area contributed by atoms with E-state index in [2.05, 4.69) is 0 Å². The molecule has 92 valence electrons. The van der Waals surface area contributed by atoms with Crippen LogP contribution in [0.4, 0.5) is 4.39 Å². The molecule has 17 heavy (non-hydrogen) atoms. The predicted octanol–water partition coefficient (Wildman–Crippen LogP) is 1.84. The first kappa shape index (κ1) is 12.0. The van der Waals surface area contributed by atoms with E-state index in [1.54, 1.807) is 17.0 Å². The number of nitrogens with two attached hydrogens (primary N) is 1. The van der Waals surface area contributed by atoms with Crippen molar-refractivity contribution < 1.29 is 9.18 Å². The molecule has 2 N–H and O–H groups in total. The third-order valence-corrected chi connectivity index (χ3v) is 3.14. The topological polar surface area (TPSA) is 46.3 Å². The van der Waals surface area contributed by atoms with Gasteiger partial charge in [0.1, 0.15) is 5.82 Å². The van der Waals surface area contributed by atoms with E-state index < -0.39 is 0 Å². The summed E-state index contributed by atoms with van der Waals surface area (Å²) in [6.45, 7) is 1.30. The first-order chi connectivity index (χ1) is 8.16. The van der Waals surface area contributed by atoms with Gasteiger partial charge in [0.05, 0.1) is 0 Å². The van der Waals surface area contributed by atoms with E-state index in [0.717, 1.165) is 24.9 Å². The molecule has 1 aliphatic rings. The largest absolute Gasteiger partial charge is 0.341 e. The Bertz CT molecular complexity index is 391. The van der Waals surface area contributed by atoms with E-state index in [4.69, 9.17) is 5.73 Å². The van der Waals surface area contributed by atoms with Crippen molar-refractivity contribution in [3.05, 3.63) is 35.6 Å². The first-order valence-electron chi connectivity index (χ1n) is 5.95. The molecule has 1 amide bonds. The van der Waals surface area contributed by atoms with Gasteiger partial charge in [-0.15, -0.1) is 0 Å². The van der Waals surface area contributed by atoms with Crippen LogP contribution in [0.1, 0.15) is 30.9 Å². The van der Waals surface area contributed by atoms with Crippen LogP contribution in [0, 0.1) is 5.82 Å². The van der Waals surface area contributed by atoms with Gasteiger partial charge in [-0.1, -0.05) is 12.1 Å². The van der Waals surface area contributed by atoms with Gasteiger partial charge in [0.2, 0.25) is 5.91 Å². The maximum Gasteiger partial charge on any atom is 0.222 e. The Kier molecular flexibility index (Phi) is 3.74. The summed E-state index contributed by atoms with van der Waals surface area (Å²) < 4.78 is 12.8. The van der Waals surface area contributed by atoms with Crippen LogP contribution in [0.3, 0.4) is 0 Å². The predicted molar refractivity (Wildman–Crippen MR) is 63.8 cm³/mol. The average Bonchev–Trinajstić information content (AvgIpc) is 2.33. The highest BCUT2D eigenvalue weighted by Crippen LogP contribution is 2.16. The third-order valence-electron chi connectivity index (χ3n) is 3.14. The van der Waals surface area contributed by atoms with Crippen molar-refractivity contribution in [2.24, 2.45) is 5.73 Å². The molecule has 1 atom stereocenters. The Labute approximate surface area is 100 Å². The number of nitrogens with zero attached hydrogens (tertiary/aromatic N) is 1. The third kappa shape index (κ3) is 3.03. The second-order valence-corrected chi connectivity index (χ2v) is 4.45. The highest BCUT2D eigenvalue weighted by atomic mass is 19.1. The van der Waals surface area contributed by atoms with Crippen molar-refractivity contribution in [3.8, 4) is 0 Å². The quantitative estimate of drug-likeness (QED) is 0.870. The number of hydrogen-bond donors (Lipinski definition) is 1. The Hall–Kier alpha value is -1.42. The molecule has 1 aromatic rings. The van der Waals surface area contributed by atoms with E-state index >= 15 is 0 Å². The summed E-state index contributed by atoms with van der Waals surface area (Å²) in [5.41, 5.74) is 6.89. The van der Waals surface area contributed by atoms with Crippen molar-refractivity contribution in [1.82, 2.24) is 4.90 Å². The van der Waals surface area contributed by atoms with Crippen LogP contribution in [0.15, 0.2) is 24.3 Å². The zero-order valence-corrected chi connectivity index (χ0v) is 9.73. The molecule has 1 saturated heterocycles. The fraction of sp³-hybridized carbons (Fsp3) is 0.462. The maximum absolute atomic E-state index is 12.8. The molecule has 1 aliphatic heterocycles. The SMILES string of the molecule is NC(CN1CCCCC1=O)c1ccc(F)cc1. The van der Waals surface area contributed by atoms with Crippen LogP contribution in [0.25, 0.3) is 0 Å². The lowest BCUT2D eigenvalue weighted by molar-refractivity contribution is -0.133. The molecule has 0 aliphatic carbocycles. The second kappa shape index (κ2) is 5.27. The molecule has 0 bridgehead atoms. The Morgan fingerprint density at radius 1 is 1.29 bits per heavy atom. The number of piperidine rings is 1. The number of rotatable bonds is 3. The zero-order valence-electron chi connectivity index (χ0n) is 9.73. The number of carbonyl (C=O) groups excluding carboxylic acids is 1. The van der Waals surface area contributed by atoms with E-state index in [-0.39, 0.29) is 17.8 Å². The van der Waals surface area contributed by atoms with E-state index in [1.807, 2.05) is 0 Å². The fourth-order valence-corrected chi connectivity index (χ4v) is 2.11. The summed E-state index contributed by atoms with van der Waals surface area (Å²) in [4.78, 5) is 13.4. The maximum atomic E-state index is 12.8. The first-order valence-corrected chi connectivity index (χ1v) is 5.95. The molecule has 1 heterocycles. The molecule has 4 heteroatoms. The minimum atomic E-state index is -0.269. The van der Waals surface area contributed by atoms with Gasteiger partial charge in [-0.3, -0.25) is 4.79 Å². The van der Waals surface area contributed by atoms with Crippen LogP contribution in [-0.4, -0.2) is 23.9 Å². The number of hydrogen-bond acceptors (Lipinski definition) is 2. The van der Waals surface area contributed by atoms with Crippen LogP contribution >= 0.6 is 0 Å². The Morgan fingerprint density at radius 2 is 2.00 bits per heavy atom. The molecule has 1 unspecified atom stereocenters. The molecule has 0 spiro atoms. The minimum absolute atomic E-state index is 0.175. The lowest BCUT2D eigenvalue weighted by atomic mass is 10.0. The van der Waals surface area contributed by atoms with Crippen LogP contribution in [0.2, 0.25) is 0 Å². The number of halogens is 1. The molecule has 1 fully saturated rings. The van der Waals surface area contributed by atoms with E-state index in [0.29, 0.717) is 13.0 Å². The fourth-order valence-electron chi connectivity index (χ4n) is 2.11. The van der Waals surface area contributed by atoms with Gasteiger partial charge in [-0.05, 0) is 30.5 Å². The Morgan fingerprint density at radius 3 is 2.65 bits per heavy atom. The standard InChI is InChI=1S/C13H17FN2O/c14-11-6-4-10(5-7-11)12(15)9-16-8-2-1-3-13(16)17/h4-7,12H,1-3,8-9,15H2. The average molecular weight is 236 g/mol. The number of amides is 1. The highest BCUT2D eigenvalue weighted by Gasteiger charge is 2.20. The van der Waals surface area contributed by atoms with Crippen LogP contribution in [-0.2, 0) is 4.79 Å². The summed E-state index contributed by atoms with van der Waals surface area (Å²) >= 11 is 0. The summed E-state index contributed by atoms with van der Waals surface area (Å²) in [6.07, 6.45) is 2.64. The minimum Gasteiger partial charge on any atom is -0.341 e. The molecule has 3 nitrogen and oxygen atoms in total. The molecular formula is C13H17FN2O. The second-order valence-electron chi connectivity index (χ2n) is 4.45. The number of benzene rings is 1. The number of likely N-dealkylation sites (tertiary alicyclic amines) is 1. The highest BCUT2D eigenvalue weighted by molar-refractivity contribution is 5.76. The van der Waals surface area contributed by atoms with Crippen molar-refractivity contribution in [2.75, 3.05) is 13.1 Å². The monoisotopic (exact) mass is 236 g/mol. The van der Waals surface area contributed by atoms with Gasteiger partial charge in [0, 0.05) is 25.6 Å². The molecule has 1 aromatic carbocycles. The van der Waals surface area contributed by atoms with Crippen molar-refractivity contribution in [2.45, 2.75) is 25.3 Å². The normalized spacial score (nSPS) is 18.2. The Balaban J connectivity index is 1.98. The summed E-state index contributed by atoms with van der Waals surface area (Å²) in [5, 5.41) is 0. The lowest BCUT2D eigenvalue weighted by Crippen LogP contribution is -2.40. The van der Waals surface area contributed by atoms with Gasteiger partial charge in [0.15, 0.2) is 0 Å². The molecule has 2 rings (SSSR count). The zero-order chi connectivity index (χ0) is 12.3.